The lowest BCUT2D eigenvalue weighted by Gasteiger charge is -2.35. The molecule has 0 spiro atoms. The van der Waals surface area contributed by atoms with Gasteiger partial charge in [-0.1, -0.05) is 27.7 Å². The van der Waals surface area contributed by atoms with Crippen LogP contribution in [0.4, 0.5) is 5.82 Å². The first kappa shape index (κ1) is 27.2. The van der Waals surface area contributed by atoms with Crippen molar-refractivity contribution in [3.05, 3.63) is 41.7 Å². The Morgan fingerprint density at radius 3 is 2.71 bits per heavy atom. The minimum absolute atomic E-state index is 0. The van der Waals surface area contributed by atoms with Crippen molar-refractivity contribution in [3.63, 3.8) is 0 Å². The van der Waals surface area contributed by atoms with Crippen molar-refractivity contribution >= 4 is 36.5 Å². The molecular formula is C22H35Cl2N5O2. The lowest BCUT2D eigenvalue weighted by atomic mass is 9.95. The summed E-state index contributed by atoms with van der Waals surface area (Å²) in [7, 11) is 0. The second kappa shape index (κ2) is 12.3. The van der Waals surface area contributed by atoms with Gasteiger partial charge in [0, 0.05) is 30.7 Å². The second-order valence-electron chi connectivity index (χ2n) is 8.64. The van der Waals surface area contributed by atoms with Gasteiger partial charge in [0.05, 0.1) is 12.8 Å². The van der Waals surface area contributed by atoms with Gasteiger partial charge in [0.1, 0.15) is 23.0 Å². The van der Waals surface area contributed by atoms with Gasteiger partial charge in [-0.05, 0) is 37.9 Å². The molecule has 3 heterocycles. The maximum atomic E-state index is 13.5. The Hall–Kier alpha value is -1.83. The smallest absolute Gasteiger partial charge is 0.259 e. The third-order valence-corrected chi connectivity index (χ3v) is 5.14. The van der Waals surface area contributed by atoms with Crippen LogP contribution in [0.3, 0.4) is 0 Å². The first-order chi connectivity index (χ1) is 13.9. The minimum atomic E-state index is -0.209. The average molecular weight is 472 g/mol. The molecule has 3 rings (SSSR count). The van der Waals surface area contributed by atoms with Crippen LogP contribution in [0.1, 0.15) is 68.9 Å². The second-order valence-corrected chi connectivity index (χ2v) is 8.64. The molecule has 2 aromatic rings. The van der Waals surface area contributed by atoms with Crippen molar-refractivity contribution in [1.82, 2.24) is 20.2 Å². The van der Waals surface area contributed by atoms with E-state index in [4.69, 9.17) is 9.40 Å². The number of furan rings is 1. The number of nitrogens with one attached hydrogen (secondary N) is 2. The fourth-order valence-electron chi connectivity index (χ4n) is 3.56. The maximum Gasteiger partial charge on any atom is 0.259 e. The topological polar surface area (TPSA) is 83.3 Å². The van der Waals surface area contributed by atoms with E-state index >= 15 is 0 Å². The van der Waals surface area contributed by atoms with Crippen molar-refractivity contribution in [1.29, 1.82) is 0 Å². The number of carbonyl (C=O) groups excluding carboxylic acids is 1. The molecule has 2 aromatic heterocycles. The molecule has 0 radical (unpaired) electrons. The molecule has 1 unspecified atom stereocenters. The lowest BCUT2D eigenvalue weighted by molar-refractivity contribution is 0.0649. The van der Waals surface area contributed by atoms with Crippen molar-refractivity contribution in [3.8, 4) is 0 Å². The van der Waals surface area contributed by atoms with Crippen LogP contribution in [-0.4, -0.2) is 46.5 Å². The Morgan fingerprint density at radius 1 is 1.35 bits per heavy atom. The van der Waals surface area contributed by atoms with Gasteiger partial charge in [0.25, 0.3) is 5.91 Å². The summed E-state index contributed by atoms with van der Waals surface area (Å²) in [6, 6.07) is 3.96. The number of rotatable bonds is 7. The number of hydrogen-bond donors (Lipinski definition) is 2. The van der Waals surface area contributed by atoms with Crippen molar-refractivity contribution in [2.45, 2.75) is 65.0 Å². The van der Waals surface area contributed by atoms with E-state index in [-0.39, 0.29) is 42.2 Å². The summed E-state index contributed by atoms with van der Waals surface area (Å²) in [5.41, 5.74) is 0.308. The molecule has 31 heavy (non-hydrogen) atoms. The molecule has 1 aliphatic heterocycles. The third kappa shape index (κ3) is 7.09. The number of halogens is 2. The molecule has 9 heteroatoms. The van der Waals surface area contributed by atoms with Crippen LogP contribution in [0.5, 0.6) is 0 Å². The van der Waals surface area contributed by atoms with Crippen molar-refractivity contribution < 1.29 is 9.21 Å². The number of amides is 1. The van der Waals surface area contributed by atoms with Crippen LogP contribution < -0.4 is 10.6 Å². The molecule has 7 nitrogen and oxygen atoms in total. The number of piperidine rings is 1. The monoisotopic (exact) mass is 471 g/mol. The number of hydrogen-bond acceptors (Lipinski definition) is 6. The van der Waals surface area contributed by atoms with Crippen LogP contribution in [0.2, 0.25) is 0 Å². The number of anilines is 1. The molecule has 0 aliphatic carbocycles. The molecule has 0 aromatic carbocycles. The van der Waals surface area contributed by atoms with Gasteiger partial charge in [-0.25, -0.2) is 9.97 Å². The van der Waals surface area contributed by atoms with E-state index in [2.05, 4.69) is 43.3 Å². The highest BCUT2D eigenvalue weighted by molar-refractivity contribution is 5.98. The van der Waals surface area contributed by atoms with Crippen molar-refractivity contribution in [2.24, 2.45) is 0 Å². The van der Waals surface area contributed by atoms with Gasteiger partial charge in [0.15, 0.2) is 0 Å². The van der Waals surface area contributed by atoms with E-state index in [0.29, 0.717) is 23.8 Å². The molecule has 2 N–H and O–H groups in total. The summed E-state index contributed by atoms with van der Waals surface area (Å²) in [4.78, 5) is 24.8. The van der Waals surface area contributed by atoms with Gasteiger partial charge in [-0.15, -0.1) is 24.8 Å². The van der Waals surface area contributed by atoms with Crippen LogP contribution >= 0.6 is 24.8 Å². The zero-order valence-electron chi connectivity index (χ0n) is 18.8. The SMILES string of the molecule is CCCN(C(=O)c1cnc(C(C)(C)C)nc1NCc1ccco1)C1CCCNC1.Cl.Cl. The molecule has 1 saturated heterocycles. The van der Waals surface area contributed by atoms with Gasteiger partial charge in [-0.3, -0.25) is 4.79 Å². The Labute approximate surface area is 197 Å². The van der Waals surface area contributed by atoms with Gasteiger partial charge < -0.3 is 20.0 Å². The molecule has 1 aliphatic rings. The summed E-state index contributed by atoms with van der Waals surface area (Å²) in [6.07, 6.45) is 6.34. The van der Waals surface area contributed by atoms with E-state index in [1.165, 1.54) is 0 Å². The quantitative estimate of drug-likeness (QED) is 0.621. The molecule has 0 saturated carbocycles. The Balaban J connectivity index is 0.00000240. The predicted molar refractivity (Wildman–Crippen MR) is 128 cm³/mol. The summed E-state index contributed by atoms with van der Waals surface area (Å²) in [5.74, 6) is 2.05. The van der Waals surface area contributed by atoms with Gasteiger partial charge >= 0.3 is 0 Å². The third-order valence-electron chi connectivity index (χ3n) is 5.14. The first-order valence-electron chi connectivity index (χ1n) is 10.6. The summed E-state index contributed by atoms with van der Waals surface area (Å²) in [5, 5.41) is 6.72. The van der Waals surface area contributed by atoms with E-state index in [1.54, 1.807) is 12.5 Å². The molecule has 1 amide bonds. The fraction of sp³-hybridized carbons (Fsp3) is 0.591. The highest BCUT2D eigenvalue weighted by Crippen LogP contribution is 2.24. The fourth-order valence-corrected chi connectivity index (χ4v) is 3.56. The van der Waals surface area contributed by atoms with Crippen molar-refractivity contribution in [2.75, 3.05) is 25.0 Å². The standard InChI is InChI=1S/C22H33N5O2.2ClH/c1-5-11-27(16-8-6-10-23-13-16)20(28)18-15-25-21(22(2,3)4)26-19(18)24-14-17-9-7-12-29-17;;/h7,9,12,15-16,23H,5-6,8,10-11,13-14H2,1-4H3,(H,24,25,26);2*1H. The summed E-state index contributed by atoms with van der Waals surface area (Å²) in [6.45, 7) is 11.3. The highest BCUT2D eigenvalue weighted by Gasteiger charge is 2.29. The Kier molecular flexibility index (Phi) is 10.8. The Morgan fingerprint density at radius 2 is 2.13 bits per heavy atom. The lowest BCUT2D eigenvalue weighted by Crippen LogP contribution is -2.49. The maximum absolute atomic E-state index is 13.5. The molecule has 0 bridgehead atoms. The van der Waals surface area contributed by atoms with Crippen LogP contribution in [-0.2, 0) is 12.0 Å². The number of nitrogens with zero attached hydrogens (tertiary/aromatic N) is 3. The largest absolute Gasteiger partial charge is 0.467 e. The van der Waals surface area contributed by atoms with Gasteiger partial charge in [-0.2, -0.15) is 0 Å². The van der Waals surface area contributed by atoms with Crippen LogP contribution in [0, 0.1) is 0 Å². The Bertz CT molecular complexity index is 803. The normalized spacial score (nSPS) is 16.1. The van der Waals surface area contributed by atoms with E-state index in [9.17, 15) is 4.79 Å². The number of aromatic nitrogens is 2. The molecule has 1 atom stereocenters. The van der Waals surface area contributed by atoms with Crippen LogP contribution in [0.25, 0.3) is 0 Å². The average Bonchev–Trinajstić information content (AvgIpc) is 3.23. The van der Waals surface area contributed by atoms with E-state index in [1.807, 2.05) is 17.0 Å². The molecule has 1 fully saturated rings. The zero-order valence-corrected chi connectivity index (χ0v) is 20.4. The highest BCUT2D eigenvalue weighted by atomic mass is 35.5. The van der Waals surface area contributed by atoms with E-state index < -0.39 is 0 Å². The van der Waals surface area contributed by atoms with E-state index in [0.717, 1.165) is 44.7 Å². The predicted octanol–water partition coefficient (Wildman–Crippen LogP) is 4.43. The minimum Gasteiger partial charge on any atom is -0.467 e. The number of carbonyl (C=O) groups is 1. The first-order valence-corrected chi connectivity index (χ1v) is 10.6. The van der Waals surface area contributed by atoms with Gasteiger partial charge in [0.2, 0.25) is 0 Å². The molecule has 174 valence electrons. The summed E-state index contributed by atoms with van der Waals surface area (Å²) < 4.78 is 5.42. The molecular weight excluding hydrogens is 437 g/mol. The summed E-state index contributed by atoms with van der Waals surface area (Å²) >= 11 is 0. The zero-order chi connectivity index (χ0) is 20.9. The van der Waals surface area contributed by atoms with Crippen LogP contribution in [0.15, 0.2) is 29.0 Å².